The van der Waals surface area contributed by atoms with Gasteiger partial charge in [-0.3, -0.25) is 4.79 Å². The summed E-state index contributed by atoms with van der Waals surface area (Å²) in [6, 6.07) is 2.35. The Balaban J connectivity index is 2.29. The molecule has 1 heterocycles. The van der Waals surface area contributed by atoms with Gasteiger partial charge in [0.15, 0.2) is 0 Å². The molecule has 1 aromatic carbocycles. The Labute approximate surface area is 91.6 Å². The van der Waals surface area contributed by atoms with Crippen molar-refractivity contribution >= 4 is 5.97 Å². The molecule has 0 spiro atoms. The lowest BCUT2D eigenvalue weighted by Crippen LogP contribution is -2.10. The molecule has 4 nitrogen and oxygen atoms in total. The van der Waals surface area contributed by atoms with Crippen molar-refractivity contribution in [3.05, 3.63) is 23.5 Å². The number of rotatable bonds is 2. The molecule has 0 radical (unpaired) electrons. The summed E-state index contributed by atoms with van der Waals surface area (Å²) in [4.78, 5) is 11.1. The van der Waals surface area contributed by atoms with Gasteiger partial charge in [0.2, 0.25) is 0 Å². The fraction of sp³-hybridized carbons (Fsp3) is 0.364. The largest absolute Gasteiger partial charge is 0.508 e. The van der Waals surface area contributed by atoms with E-state index in [1.807, 2.05) is 0 Å². The SMILES string of the molecule is COC(=O)C[C@H]1COc2cc(O)cc(F)c21. The first-order chi connectivity index (χ1) is 7.61. The van der Waals surface area contributed by atoms with E-state index in [0.29, 0.717) is 11.3 Å². The van der Waals surface area contributed by atoms with E-state index in [0.717, 1.165) is 6.07 Å². The standard InChI is InChI=1S/C11H11FO4/c1-15-10(14)2-6-5-16-9-4-7(13)3-8(12)11(6)9/h3-4,6,13H,2,5H2,1H3/t6-/m0/s1. The predicted octanol–water partition coefficient (Wildman–Crippen LogP) is 1.57. The maximum absolute atomic E-state index is 13.6. The molecule has 0 bridgehead atoms. The highest BCUT2D eigenvalue weighted by atomic mass is 19.1. The Morgan fingerprint density at radius 2 is 2.44 bits per heavy atom. The van der Waals surface area contributed by atoms with E-state index in [1.165, 1.54) is 13.2 Å². The number of benzene rings is 1. The van der Waals surface area contributed by atoms with Gasteiger partial charge in [-0.05, 0) is 0 Å². The first kappa shape index (κ1) is 10.7. The van der Waals surface area contributed by atoms with Crippen LogP contribution in [0.4, 0.5) is 4.39 Å². The second kappa shape index (κ2) is 4.00. The molecule has 5 heteroatoms. The predicted molar refractivity (Wildman–Crippen MR) is 52.9 cm³/mol. The number of halogens is 1. The highest BCUT2D eigenvalue weighted by Gasteiger charge is 2.30. The van der Waals surface area contributed by atoms with Crippen molar-refractivity contribution in [3.8, 4) is 11.5 Å². The van der Waals surface area contributed by atoms with E-state index in [4.69, 9.17) is 4.74 Å². The van der Waals surface area contributed by atoms with Crippen LogP contribution in [0.25, 0.3) is 0 Å². The zero-order chi connectivity index (χ0) is 11.7. The first-order valence-electron chi connectivity index (χ1n) is 4.84. The number of hydrogen-bond donors (Lipinski definition) is 1. The third kappa shape index (κ3) is 1.80. The summed E-state index contributed by atoms with van der Waals surface area (Å²) >= 11 is 0. The van der Waals surface area contributed by atoms with Crippen molar-refractivity contribution in [2.75, 3.05) is 13.7 Å². The molecule has 1 N–H and O–H groups in total. The molecule has 0 aromatic heterocycles. The Hall–Kier alpha value is -1.78. The van der Waals surface area contributed by atoms with Crippen molar-refractivity contribution in [2.45, 2.75) is 12.3 Å². The van der Waals surface area contributed by atoms with Crippen LogP contribution in [0.15, 0.2) is 12.1 Å². The fourth-order valence-corrected chi connectivity index (χ4v) is 1.81. The monoisotopic (exact) mass is 226 g/mol. The zero-order valence-electron chi connectivity index (χ0n) is 8.70. The quantitative estimate of drug-likeness (QED) is 0.778. The second-order valence-electron chi connectivity index (χ2n) is 3.63. The molecule has 0 amide bonds. The highest BCUT2D eigenvalue weighted by molar-refractivity contribution is 5.71. The summed E-state index contributed by atoms with van der Waals surface area (Å²) < 4.78 is 23.3. The van der Waals surface area contributed by atoms with Gasteiger partial charge in [-0.25, -0.2) is 4.39 Å². The molecule has 0 aliphatic carbocycles. The molecule has 0 saturated heterocycles. The summed E-state index contributed by atoms with van der Waals surface area (Å²) in [5, 5.41) is 9.18. The van der Waals surface area contributed by atoms with E-state index in [2.05, 4.69) is 4.74 Å². The van der Waals surface area contributed by atoms with Crippen molar-refractivity contribution in [2.24, 2.45) is 0 Å². The Morgan fingerprint density at radius 3 is 3.12 bits per heavy atom. The number of ether oxygens (including phenoxy) is 2. The van der Waals surface area contributed by atoms with Gasteiger partial charge in [0, 0.05) is 23.6 Å². The van der Waals surface area contributed by atoms with E-state index in [-0.39, 0.29) is 24.7 Å². The van der Waals surface area contributed by atoms with E-state index in [1.54, 1.807) is 0 Å². The number of hydrogen-bond acceptors (Lipinski definition) is 4. The molecule has 86 valence electrons. The lowest BCUT2D eigenvalue weighted by Gasteiger charge is -2.07. The van der Waals surface area contributed by atoms with Gasteiger partial charge < -0.3 is 14.6 Å². The van der Waals surface area contributed by atoms with Crippen molar-refractivity contribution in [3.63, 3.8) is 0 Å². The average Bonchev–Trinajstić information content (AvgIpc) is 2.61. The smallest absolute Gasteiger partial charge is 0.306 e. The molecule has 2 rings (SSSR count). The van der Waals surface area contributed by atoms with E-state index < -0.39 is 11.8 Å². The lowest BCUT2D eigenvalue weighted by atomic mass is 9.97. The van der Waals surface area contributed by atoms with Crippen LogP contribution in [0, 0.1) is 5.82 Å². The summed E-state index contributed by atoms with van der Waals surface area (Å²) in [6.45, 7) is 0.227. The third-order valence-corrected chi connectivity index (χ3v) is 2.57. The van der Waals surface area contributed by atoms with Crippen LogP contribution in [0.3, 0.4) is 0 Å². The van der Waals surface area contributed by atoms with Crippen molar-refractivity contribution in [1.29, 1.82) is 0 Å². The Bertz CT molecular complexity index is 430. The minimum absolute atomic E-state index is 0.0746. The maximum Gasteiger partial charge on any atom is 0.306 e. The molecule has 0 fully saturated rings. The number of carbonyl (C=O) groups excluding carboxylic acids is 1. The number of phenols is 1. The van der Waals surface area contributed by atoms with Gasteiger partial charge in [-0.2, -0.15) is 0 Å². The lowest BCUT2D eigenvalue weighted by molar-refractivity contribution is -0.141. The molecular formula is C11H11FO4. The summed E-state index contributed by atoms with van der Waals surface area (Å²) in [5.74, 6) is -1.19. The number of carbonyl (C=O) groups is 1. The summed E-state index contributed by atoms with van der Waals surface area (Å²) in [6.07, 6.45) is 0.0746. The topological polar surface area (TPSA) is 55.8 Å². The number of aromatic hydroxyl groups is 1. The van der Waals surface area contributed by atoms with Crippen molar-refractivity contribution < 1.29 is 23.8 Å². The number of esters is 1. The third-order valence-electron chi connectivity index (χ3n) is 2.57. The van der Waals surface area contributed by atoms with Crippen LogP contribution < -0.4 is 4.74 Å². The van der Waals surface area contributed by atoms with Gasteiger partial charge >= 0.3 is 5.97 Å². The maximum atomic E-state index is 13.6. The van der Waals surface area contributed by atoms with Crippen molar-refractivity contribution in [1.82, 2.24) is 0 Å². The number of methoxy groups -OCH3 is 1. The molecule has 1 aliphatic rings. The Morgan fingerprint density at radius 1 is 1.69 bits per heavy atom. The normalized spacial score (nSPS) is 17.8. The van der Waals surface area contributed by atoms with Gasteiger partial charge in [0.05, 0.1) is 20.1 Å². The molecule has 1 atom stereocenters. The minimum atomic E-state index is -0.554. The van der Waals surface area contributed by atoms with Crippen LogP contribution in [0.2, 0.25) is 0 Å². The number of fused-ring (bicyclic) bond motifs is 1. The van der Waals surface area contributed by atoms with Gasteiger partial charge in [0.1, 0.15) is 17.3 Å². The van der Waals surface area contributed by atoms with Gasteiger partial charge in [-0.15, -0.1) is 0 Å². The Kier molecular flexibility index (Phi) is 2.68. The minimum Gasteiger partial charge on any atom is -0.508 e. The number of phenolic OH excluding ortho intramolecular Hbond substituents is 1. The van der Waals surface area contributed by atoms with Crippen LogP contribution in [-0.2, 0) is 9.53 Å². The molecule has 16 heavy (non-hydrogen) atoms. The summed E-state index contributed by atoms with van der Waals surface area (Å²) in [7, 11) is 1.28. The molecular weight excluding hydrogens is 215 g/mol. The molecule has 1 aromatic rings. The first-order valence-corrected chi connectivity index (χ1v) is 4.84. The van der Waals surface area contributed by atoms with E-state index >= 15 is 0 Å². The second-order valence-corrected chi connectivity index (χ2v) is 3.63. The average molecular weight is 226 g/mol. The fourth-order valence-electron chi connectivity index (χ4n) is 1.81. The van der Waals surface area contributed by atoms with E-state index in [9.17, 15) is 14.3 Å². The molecule has 0 saturated carbocycles. The van der Waals surface area contributed by atoms with Gasteiger partial charge in [0.25, 0.3) is 0 Å². The zero-order valence-corrected chi connectivity index (χ0v) is 8.70. The van der Waals surface area contributed by atoms with Crippen LogP contribution in [0.1, 0.15) is 17.9 Å². The molecule has 1 aliphatic heterocycles. The van der Waals surface area contributed by atoms with Crippen LogP contribution in [0.5, 0.6) is 11.5 Å². The van der Waals surface area contributed by atoms with Crippen LogP contribution in [-0.4, -0.2) is 24.8 Å². The molecule has 0 unspecified atom stereocenters. The highest BCUT2D eigenvalue weighted by Crippen LogP contribution is 2.40. The summed E-state index contributed by atoms with van der Waals surface area (Å²) in [5.41, 5.74) is 0.336. The van der Waals surface area contributed by atoms with Gasteiger partial charge in [-0.1, -0.05) is 0 Å². The van der Waals surface area contributed by atoms with Crippen LogP contribution >= 0.6 is 0 Å².